The zero-order valence-corrected chi connectivity index (χ0v) is 21.3. The summed E-state index contributed by atoms with van der Waals surface area (Å²) in [6.07, 6.45) is 0.704. The summed E-state index contributed by atoms with van der Waals surface area (Å²) in [6, 6.07) is 15.7. The molecule has 0 aliphatic carbocycles. The van der Waals surface area contributed by atoms with Crippen molar-refractivity contribution in [1.82, 2.24) is 4.98 Å². The number of fused-ring (bicyclic) bond motifs is 2. The van der Waals surface area contributed by atoms with E-state index in [1.54, 1.807) is 36.4 Å². The Morgan fingerprint density at radius 1 is 1.17 bits per heavy atom. The van der Waals surface area contributed by atoms with Gasteiger partial charge in [-0.25, -0.2) is 9.37 Å². The molecule has 1 fully saturated rings. The number of thiazole rings is 1. The minimum absolute atomic E-state index is 0.0218. The molecule has 0 spiro atoms. The van der Waals surface area contributed by atoms with Gasteiger partial charge in [0.2, 0.25) is 0 Å². The molecule has 1 saturated heterocycles. The van der Waals surface area contributed by atoms with Crippen molar-refractivity contribution in [1.29, 1.82) is 0 Å². The number of carbonyl (C=O) groups excluding carboxylic acids is 2. The molecule has 36 heavy (non-hydrogen) atoms. The number of benzene rings is 3. The van der Waals surface area contributed by atoms with Crippen LogP contribution in [0, 0.1) is 5.82 Å². The predicted molar refractivity (Wildman–Crippen MR) is 139 cm³/mol. The minimum atomic E-state index is -0.920. The van der Waals surface area contributed by atoms with Crippen LogP contribution in [0.4, 0.5) is 9.52 Å². The largest absolute Gasteiger partial charge is 0.507 e. The molecule has 180 valence electrons. The Labute approximate surface area is 217 Å². The van der Waals surface area contributed by atoms with Crippen molar-refractivity contribution in [3.05, 3.63) is 93.2 Å². The number of hydrogen-bond acceptors (Lipinski definition) is 6. The molecule has 0 unspecified atom stereocenters. The summed E-state index contributed by atoms with van der Waals surface area (Å²) < 4.78 is 20.9. The van der Waals surface area contributed by atoms with Gasteiger partial charge in [-0.2, -0.15) is 0 Å². The first-order chi connectivity index (χ1) is 17.3. The molecule has 1 amide bonds. The number of aliphatic hydroxyl groups excluding tert-OH is 1. The number of rotatable bonds is 3. The maximum absolute atomic E-state index is 13.8. The quantitative estimate of drug-likeness (QED) is 0.183. The van der Waals surface area contributed by atoms with E-state index in [0.717, 1.165) is 27.1 Å². The van der Waals surface area contributed by atoms with Crippen LogP contribution in [0.2, 0.25) is 0 Å². The van der Waals surface area contributed by atoms with E-state index in [4.69, 9.17) is 4.74 Å². The number of aliphatic hydroxyl groups is 1. The number of ether oxygens (including phenoxy) is 1. The molecule has 9 heteroatoms. The van der Waals surface area contributed by atoms with Crippen LogP contribution in [-0.2, 0) is 16.0 Å². The van der Waals surface area contributed by atoms with E-state index in [2.05, 4.69) is 20.9 Å². The van der Waals surface area contributed by atoms with E-state index >= 15 is 0 Å². The van der Waals surface area contributed by atoms with Crippen LogP contribution in [0.25, 0.3) is 16.0 Å². The smallest absolute Gasteiger partial charge is 0.301 e. The predicted octanol–water partition coefficient (Wildman–Crippen LogP) is 6.15. The number of hydrogen-bond donors (Lipinski definition) is 1. The van der Waals surface area contributed by atoms with Crippen LogP contribution in [-0.4, -0.2) is 27.9 Å². The van der Waals surface area contributed by atoms with Crippen LogP contribution in [0.1, 0.15) is 29.7 Å². The molecule has 3 aromatic carbocycles. The van der Waals surface area contributed by atoms with Gasteiger partial charge < -0.3 is 9.84 Å². The van der Waals surface area contributed by atoms with E-state index in [1.165, 1.54) is 23.1 Å². The van der Waals surface area contributed by atoms with E-state index in [1.807, 2.05) is 13.0 Å². The normalized spacial score (nSPS) is 20.7. The molecule has 2 aliphatic heterocycles. The van der Waals surface area contributed by atoms with Gasteiger partial charge in [-0.3, -0.25) is 14.5 Å². The number of nitrogens with zero attached hydrogens (tertiary/aromatic N) is 2. The van der Waals surface area contributed by atoms with Crippen LogP contribution in [0.3, 0.4) is 0 Å². The van der Waals surface area contributed by atoms with Gasteiger partial charge >= 0.3 is 5.91 Å². The highest BCUT2D eigenvalue weighted by atomic mass is 79.9. The Bertz CT molecular complexity index is 1610. The second-order valence-corrected chi connectivity index (χ2v) is 10.7. The molecule has 6 nitrogen and oxygen atoms in total. The van der Waals surface area contributed by atoms with Crippen molar-refractivity contribution in [2.75, 3.05) is 4.90 Å². The molecular weight excluding hydrogens is 547 g/mol. The molecule has 1 aromatic heterocycles. The summed E-state index contributed by atoms with van der Waals surface area (Å²) in [6.45, 7) is 1.96. The number of carbonyl (C=O) groups is 2. The van der Waals surface area contributed by atoms with Gasteiger partial charge in [0.1, 0.15) is 23.4 Å². The fraction of sp³-hybridized carbons (Fsp3) is 0.148. The van der Waals surface area contributed by atoms with Crippen LogP contribution < -0.4 is 9.64 Å². The summed E-state index contributed by atoms with van der Waals surface area (Å²) in [4.78, 5) is 32.6. The van der Waals surface area contributed by atoms with Crippen molar-refractivity contribution in [3.63, 3.8) is 0 Å². The molecule has 2 aliphatic rings. The van der Waals surface area contributed by atoms with Crippen molar-refractivity contribution in [2.24, 2.45) is 0 Å². The topological polar surface area (TPSA) is 79.7 Å². The first-order valence-electron chi connectivity index (χ1n) is 11.2. The number of Topliss-reactive ketones (excluding diaryl/α,β-unsaturated/α-hetero) is 1. The number of anilines is 1. The standard InChI is InChI=1S/C27H18BrFN2O4S/c1-13-9-16-10-15(5-8-20(16)35-13)24(32)22-23(14-3-2-4-17(28)11-14)31(26(34)25(22)33)27-30-19-7-6-18(29)12-21(19)36-27/h2-8,10-13,23,32H,9H2,1H3/t13-,23-/m0/s1. The first-order valence-corrected chi connectivity index (χ1v) is 12.8. The van der Waals surface area contributed by atoms with Gasteiger partial charge in [0, 0.05) is 16.5 Å². The highest BCUT2D eigenvalue weighted by Crippen LogP contribution is 2.45. The molecule has 4 aromatic rings. The van der Waals surface area contributed by atoms with Gasteiger partial charge in [0.15, 0.2) is 5.13 Å². The lowest BCUT2D eigenvalue weighted by molar-refractivity contribution is -0.132. The van der Waals surface area contributed by atoms with E-state index < -0.39 is 23.5 Å². The molecule has 2 atom stereocenters. The Hall–Kier alpha value is -3.56. The second-order valence-electron chi connectivity index (χ2n) is 8.79. The fourth-order valence-electron chi connectivity index (χ4n) is 4.74. The van der Waals surface area contributed by atoms with Crippen molar-refractivity contribution < 1.29 is 23.8 Å². The molecule has 6 rings (SSSR count). The highest BCUT2D eigenvalue weighted by Gasteiger charge is 2.48. The molecular formula is C27H18BrFN2O4S. The third-order valence-electron chi connectivity index (χ3n) is 6.32. The third-order valence-corrected chi connectivity index (χ3v) is 7.83. The number of ketones is 1. The molecule has 0 radical (unpaired) electrons. The van der Waals surface area contributed by atoms with Crippen LogP contribution >= 0.6 is 27.3 Å². The number of amides is 1. The summed E-state index contributed by atoms with van der Waals surface area (Å²) in [5, 5.41) is 11.7. The molecule has 0 saturated carbocycles. The minimum Gasteiger partial charge on any atom is -0.507 e. The highest BCUT2D eigenvalue weighted by molar-refractivity contribution is 9.10. The lowest BCUT2D eigenvalue weighted by Gasteiger charge is -2.23. The Morgan fingerprint density at radius 3 is 2.81 bits per heavy atom. The Balaban J connectivity index is 1.54. The van der Waals surface area contributed by atoms with Crippen LogP contribution in [0.15, 0.2) is 70.7 Å². The number of aromatic nitrogens is 1. The summed E-state index contributed by atoms with van der Waals surface area (Å²) >= 11 is 4.57. The average Bonchev–Trinajstić information content (AvgIpc) is 3.50. The monoisotopic (exact) mass is 564 g/mol. The average molecular weight is 565 g/mol. The maximum Gasteiger partial charge on any atom is 0.301 e. The SMILES string of the molecule is C[C@H]1Cc2cc(C(O)=C3C(=O)C(=O)N(c4nc5ccc(F)cc5s4)[C@H]3c3cccc(Br)c3)ccc2O1. The molecule has 1 N–H and O–H groups in total. The van der Waals surface area contributed by atoms with E-state index in [0.29, 0.717) is 27.8 Å². The zero-order chi connectivity index (χ0) is 25.1. The van der Waals surface area contributed by atoms with Gasteiger partial charge in [0.05, 0.1) is 21.8 Å². The first kappa shape index (κ1) is 22.9. The van der Waals surface area contributed by atoms with Crippen molar-refractivity contribution in [2.45, 2.75) is 25.5 Å². The summed E-state index contributed by atoms with van der Waals surface area (Å²) in [7, 11) is 0. The van der Waals surface area contributed by atoms with E-state index in [9.17, 15) is 19.1 Å². The van der Waals surface area contributed by atoms with Crippen molar-refractivity contribution in [3.8, 4) is 5.75 Å². The zero-order valence-electron chi connectivity index (χ0n) is 18.9. The van der Waals surface area contributed by atoms with Gasteiger partial charge in [-0.1, -0.05) is 39.4 Å². The second kappa shape index (κ2) is 8.53. The third kappa shape index (κ3) is 3.70. The Morgan fingerprint density at radius 2 is 2.00 bits per heavy atom. The molecule has 0 bridgehead atoms. The van der Waals surface area contributed by atoms with E-state index in [-0.39, 0.29) is 22.6 Å². The lowest BCUT2D eigenvalue weighted by Crippen LogP contribution is -2.29. The summed E-state index contributed by atoms with van der Waals surface area (Å²) in [5.41, 5.74) is 2.45. The van der Waals surface area contributed by atoms with Crippen molar-refractivity contribution >= 4 is 60.1 Å². The van der Waals surface area contributed by atoms with Gasteiger partial charge in [-0.15, -0.1) is 0 Å². The summed E-state index contributed by atoms with van der Waals surface area (Å²) in [5.74, 6) is -1.56. The van der Waals surface area contributed by atoms with Gasteiger partial charge in [0.25, 0.3) is 5.78 Å². The lowest BCUT2D eigenvalue weighted by atomic mass is 9.94. The van der Waals surface area contributed by atoms with Gasteiger partial charge in [-0.05, 0) is 66.6 Å². The maximum atomic E-state index is 13.8. The number of halogens is 2. The fourth-order valence-corrected chi connectivity index (χ4v) is 6.17. The van der Waals surface area contributed by atoms with Crippen LogP contribution in [0.5, 0.6) is 5.75 Å². The molecule has 3 heterocycles. The Kier molecular flexibility index (Phi) is 5.42.